The van der Waals surface area contributed by atoms with Gasteiger partial charge < -0.3 is 19.1 Å². The molecule has 6 heteroatoms. The topological polar surface area (TPSA) is 51.2 Å². The fourth-order valence-electron chi connectivity index (χ4n) is 8.66. The van der Waals surface area contributed by atoms with Gasteiger partial charge >= 0.3 is 0 Å². The van der Waals surface area contributed by atoms with Crippen LogP contribution in [0.1, 0.15) is 40.7 Å². The second-order valence-corrected chi connectivity index (χ2v) is 11.7. The van der Waals surface area contributed by atoms with Crippen LogP contribution < -0.4 is 4.74 Å². The number of methoxy groups -OCH3 is 2. The number of benzene rings is 2. The van der Waals surface area contributed by atoms with Crippen LogP contribution in [0.4, 0.5) is 0 Å². The molecule has 1 saturated carbocycles. The largest absolute Gasteiger partial charge is 0.497 e. The van der Waals surface area contributed by atoms with Gasteiger partial charge in [0.2, 0.25) is 0 Å². The number of rotatable bonds is 6. The van der Waals surface area contributed by atoms with E-state index < -0.39 is 0 Å². The lowest BCUT2D eigenvalue weighted by Gasteiger charge is -2.63. The summed E-state index contributed by atoms with van der Waals surface area (Å²) in [6.45, 7) is 3.52. The van der Waals surface area contributed by atoms with E-state index in [1.54, 1.807) is 14.2 Å². The van der Waals surface area contributed by atoms with Crippen molar-refractivity contribution in [3.05, 3.63) is 65.2 Å². The molecule has 36 heavy (non-hydrogen) atoms. The van der Waals surface area contributed by atoms with Crippen LogP contribution in [0.15, 0.2) is 48.5 Å². The highest BCUT2D eigenvalue weighted by molar-refractivity contribution is 5.94. The number of ether oxygens (including phenoxy) is 3. The standard InChI is InChI=1S/C30H36N2O4/c1-34-13-12-31-19-29(15-21-8-9-23(35-2)14-22(21)16-29)28(31)30-11-10-25-24(17-30)26(36-30)18-32(25)27(33)20-6-4-3-5-7-20/h3-9,14,24-26,28H,10-13,15-19H2,1-2H3/t24?,25?,26-,28?,29?,30?/m1/s1. The minimum atomic E-state index is -0.119. The number of carbonyl (C=O) groups excluding carboxylic acids is 1. The van der Waals surface area contributed by atoms with E-state index in [2.05, 4.69) is 28.0 Å². The van der Waals surface area contributed by atoms with Crippen molar-refractivity contribution in [3.63, 3.8) is 0 Å². The summed E-state index contributed by atoms with van der Waals surface area (Å²) in [5.74, 6) is 1.55. The summed E-state index contributed by atoms with van der Waals surface area (Å²) in [4.78, 5) is 18.1. The van der Waals surface area contributed by atoms with Crippen LogP contribution in [-0.2, 0) is 22.3 Å². The van der Waals surface area contributed by atoms with Gasteiger partial charge in [0, 0.05) is 55.7 Å². The highest BCUT2D eigenvalue weighted by Gasteiger charge is 2.69. The van der Waals surface area contributed by atoms with Gasteiger partial charge in [0.15, 0.2) is 0 Å². The van der Waals surface area contributed by atoms with Crippen molar-refractivity contribution in [3.8, 4) is 5.75 Å². The molecule has 2 bridgehead atoms. The number of carbonyl (C=O) groups is 1. The molecule has 3 heterocycles. The Labute approximate surface area is 213 Å². The van der Waals surface area contributed by atoms with Crippen LogP contribution in [0.3, 0.4) is 0 Å². The molecular weight excluding hydrogens is 452 g/mol. The molecule has 0 aromatic heterocycles. The van der Waals surface area contributed by atoms with Gasteiger partial charge in [-0.3, -0.25) is 9.69 Å². The quantitative estimate of drug-likeness (QED) is 0.622. The maximum Gasteiger partial charge on any atom is 0.254 e. The summed E-state index contributed by atoms with van der Waals surface area (Å²) in [5.41, 5.74) is 3.79. The maximum absolute atomic E-state index is 13.3. The second-order valence-electron chi connectivity index (χ2n) is 11.7. The smallest absolute Gasteiger partial charge is 0.254 e. The zero-order valence-electron chi connectivity index (χ0n) is 21.3. The Balaban J connectivity index is 1.15. The average Bonchev–Trinajstić information content (AvgIpc) is 3.52. The molecule has 0 radical (unpaired) electrons. The molecule has 7 rings (SSSR count). The van der Waals surface area contributed by atoms with Crippen molar-refractivity contribution >= 4 is 5.91 Å². The Hall–Kier alpha value is -2.41. The minimum absolute atomic E-state index is 0.119. The van der Waals surface area contributed by atoms with E-state index >= 15 is 0 Å². The number of hydrogen-bond donors (Lipinski definition) is 0. The molecule has 190 valence electrons. The first-order valence-corrected chi connectivity index (χ1v) is 13.5. The first kappa shape index (κ1) is 22.8. The van der Waals surface area contributed by atoms with Crippen LogP contribution in [-0.4, -0.2) is 80.0 Å². The normalized spacial score (nSPS) is 36.2. The molecule has 4 fully saturated rings. The predicted molar refractivity (Wildman–Crippen MR) is 136 cm³/mol. The summed E-state index contributed by atoms with van der Waals surface area (Å²) < 4.78 is 18.2. The first-order chi connectivity index (χ1) is 17.6. The number of hydrogen-bond acceptors (Lipinski definition) is 5. The first-order valence-electron chi connectivity index (χ1n) is 13.5. The minimum Gasteiger partial charge on any atom is -0.497 e. The van der Waals surface area contributed by atoms with Gasteiger partial charge in [-0.15, -0.1) is 0 Å². The van der Waals surface area contributed by atoms with Gasteiger partial charge in [0.25, 0.3) is 5.91 Å². The van der Waals surface area contributed by atoms with Gasteiger partial charge in [0.1, 0.15) is 5.75 Å². The van der Waals surface area contributed by atoms with Crippen LogP contribution in [0, 0.1) is 11.3 Å². The maximum atomic E-state index is 13.3. The van der Waals surface area contributed by atoms with Crippen LogP contribution >= 0.6 is 0 Å². The third-order valence-electron chi connectivity index (χ3n) is 9.90. The fourth-order valence-corrected chi connectivity index (χ4v) is 8.66. The zero-order chi connectivity index (χ0) is 24.5. The van der Waals surface area contributed by atoms with Crippen molar-refractivity contribution in [2.24, 2.45) is 11.3 Å². The van der Waals surface area contributed by atoms with E-state index in [0.29, 0.717) is 18.0 Å². The van der Waals surface area contributed by atoms with Gasteiger partial charge in [-0.2, -0.15) is 0 Å². The SMILES string of the molecule is COCCN1CC2(Cc3ccc(OC)cc3C2)C1C12CCC3C(C1)[C@@H](CN3C(=O)c1ccccc1)O2. The van der Waals surface area contributed by atoms with E-state index in [0.717, 1.165) is 69.7 Å². The van der Waals surface area contributed by atoms with Crippen LogP contribution in [0.5, 0.6) is 5.75 Å². The lowest BCUT2D eigenvalue weighted by Crippen LogP contribution is -2.74. The Morgan fingerprint density at radius 1 is 1.11 bits per heavy atom. The number of amides is 1. The van der Waals surface area contributed by atoms with E-state index in [-0.39, 0.29) is 23.0 Å². The van der Waals surface area contributed by atoms with Gasteiger partial charge in [-0.25, -0.2) is 0 Å². The molecule has 6 atom stereocenters. The van der Waals surface area contributed by atoms with E-state index in [4.69, 9.17) is 14.2 Å². The van der Waals surface area contributed by atoms with Crippen molar-refractivity contribution in [1.29, 1.82) is 0 Å². The van der Waals surface area contributed by atoms with Gasteiger partial charge in [-0.1, -0.05) is 24.3 Å². The Bertz CT molecular complexity index is 1170. The summed E-state index contributed by atoms with van der Waals surface area (Å²) in [6, 6.07) is 17.0. The third-order valence-corrected chi connectivity index (χ3v) is 9.90. The Kier molecular flexibility index (Phi) is 5.25. The molecule has 1 spiro atoms. The summed E-state index contributed by atoms with van der Waals surface area (Å²) in [7, 11) is 3.54. The Morgan fingerprint density at radius 3 is 2.75 bits per heavy atom. The van der Waals surface area contributed by atoms with E-state index in [9.17, 15) is 4.79 Å². The molecule has 2 aromatic rings. The van der Waals surface area contributed by atoms with Gasteiger partial charge in [0.05, 0.1) is 25.4 Å². The summed E-state index contributed by atoms with van der Waals surface area (Å²) >= 11 is 0. The summed E-state index contributed by atoms with van der Waals surface area (Å²) in [6.07, 6.45) is 5.48. The monoisotopic (exact) mass is 488 g/mol. The third kappa shape index (κ3) is 3.24. The van der Waals surface area contributed by atoms with Crippen LogP contribution in [0.2, 0.25) is 0 Å². The molecular formula is C30H36N2O4. The average molecular weight is 489 g/mol. The number of likely N-dealkylation sites (tertiary alicyclic amines) is 2. The van der Waals surface area contributed by atoms with E-state index in [1.807, 2.05) is 30.3 Å². The van der Waals surface area contributed by atoms with Crippen molar-refractivity contribution in [1.82, 2.24) is 9.80 Å². The number of fused-ring (bicyclic) bond motifs is 2. The molecule has 6 nitrogen and oxygen atoms in total. The number of nitrogens with zero attached hydrogens (tertiary/aromatic N) is 2. The van der Waals surface area contributed by atoms with Gasteiger partial charge in [-0.05, 0) is 67.5 Å². The van der Waals surface area contributed by atoms with Crippen molar-refractivity contribution in [2.45, 2.75) is 55.9 Å². The van der Waals surface area contributed by atoms with Crippen molar-refractivity contribution < 1.29 is 19.0 Å². The molecule has 3 saturated heterocycles. The zero-order valence-corrected chi connectivity index (χ0v) is 21.3. The summed E-state index contributed by atoms with van der Waals surface area (Å²) in [5, 5.41) is 0. The molecule has 1 amide bonds. The molecule has 0 N–H and O–H groups in total. The molecule has 2 aromatic carbocycles. The molecule has 5 unspecified atom stereocenters. The van der Waals surface area contributed by atoms with Crippen LogP contribution in [0.25, 0.3) is 0 Å². The molecule has 5 aliphatic rings. The second kappa shape index (κ2) is 8.30. The van der Waals surface area contributed by atoms with Crippen molar-refractivity contribution in [2.75, 3.05) is 40.5 Å². The highest BCUT2D eigenvalue weighted by Crippen LogP contribution is 2.61. The fraction of sp³-hybridized carbons (Fsp3) is 0.567. The molecule has 2 aliphatic carbocycles. The lowest BCUT2D eigenvalue weighted by atomic mass is 9.59. The van der Waals surface area contributed by atoms with E-state index in [1.165, 1.54) is 11.1 Å². The Morgan fingerprint density at radius 2 is 1.94 bits per heavy atom. The molecule has 3 aliphatic heterocycles. The highest BCUT2D eigenvalue weighted by atomic mass is 16.5. The predicted octanol–water partition coefficient (Wildman–Crippen LogP) is 3.57. The lowest BCUT2D eigenvalue weighted by molar-refractivity contribution is -0.203.